The van der Waals surface area contributed by atoms with Crippen molar-refractivity contribution in [2.75, 3.05) is 33.3 Å². The molecule has 214 valence electrons. The standard InChI is InChI=1S/C29H29N3O8S/c1-6-40-28(36)24-16(2)30-29-32(20(24)14-18-8-7-9-21(37-3)25(18)38-4)23(33)15-22(41-29)26(34)31-19-12-10-17(11-13-19)27(35)39-5/h7-13,15,20H,6,14H2,1-5H3,(H,31,34)/t20-/m1/s1. The highest BCUT2D eigenvalue weighted by atomic mass is 32.2. The summed E-state index contributed by atoms with van der Waals surface area (Å²) in [5.41, 5.74) is 2.07. The van der Waals surface area contributed by atoms with E-state index in [4.69, 9.17) is 14.2 Å². The minimum atomic E-state index is -0.783. The van der Waals surface area contributed by atoms with Crippen molar-refractivity contribution in [3.63, 3.8) is 0 Å². The van der Waals surface area contributed by atoms with Gasteiger partial charge in [0.2, 0.25) is 0 Å². The quantitative estimate of drug-likeness (QED) is 0.442. The van der Waals surface area contributed by atoms with Crippen LogP contribution < -0.4 is 14.8 Å². The molecule has 2 aromatic carbocycles. The monoisotopic (exact) mass is 579 g/mol. The van der Waals surface area contributed by atoms with Gasteiger partial charge in [-0.2, -0.15) is 0 Å². The van der Waals surface area contributed by atoms with Crippen LogP contribution in [0.5, 0.6) is 11.5 Å². The molecule has 2 aliphatic rings. The largest absolute Gasteiger partial charge is 0.493 e. The molecule has 1 atom stereocenters. The second kappa shape index (κ2) is 12.7. The van der Waals surface area contributed by atoms with E-state index >= 15 is 0 Å². The van der Waals surface area contributed by atoms with Crippen LogP contribution in [0.4, 0.5) is 5.69 Å². The van der Waals surface area contributed by atoms with Gasteiger partial charge < -0.3 is 24.3 Å². The molecule has 11 nitrogen and oxygen atoms in total. The van der Waals surface area contributed by atoms with E-state index in [1.807, 2.05) is 6.07 Å². The van der Waals surface area contributed by atoms with E-state index in [0.717, 1.165) is 11.8 Å². The molecule has 1 N–H and O–H groups in total. The molecule has 41 heavy (non-hydrogen) atoms. The fourth-order valence-electron chi connectivity index (χ4n) is 4.51. The molecule has 2 amide bonds. The van der Waals surface area contributed by atoms with Crippen molar-refractivity contribution < 1.29 is 38.1 Å². The first-order valence-electron chi connectivity index (χ1n) is 12.6. The number of allylic oxidation sites excluding steroid dienone is 1. The summed E-state index contributed by atoms with van der Waals surface area (Å²) in [6.07, 6.45) is 1.40. The molecule has 0 fully saturated rings. The van der Waals surface area contributed by atoms with Crippen LogP contribution in [0.1, 0.15) is 29.8 Å². The molecule has 0 aromatic heterocycles. The predicted octanol–water partition coefficient (Wildman–Crippen LogP) is 3.71. The van der Waals surface area contributed by atoms with Gasteiger partial charge in [0, 0.05) is 23.7 Å². The van der Waals surface area contributed by atoms with Crippen LogP contribution >= 0.6 is 11.8 Å². The third kappa shape index (κ3) is 6.12. The summed E-state index contributed by atoms with van der Waals surface area (Å²) in [6, 6.07) is 10.7. The Hall–Kier alpha value is -4.58. The number of aliphatic imine (C=N–C) groups is 1. The SMILES string of the molecule is CCOC(=O)C1=C(C)N=C2SC(C(=O)Nc3ccc(C(=O)OC)cc3)=CC(=O)N2[C@@H]1Cc1cccc(OC)c1OC. The van der Waals surface area contributed by atoms with Gasteiger partial charge in [0.1, 0.15) is 0 Å². The Morgan fingerprint density at radius 1 is 1.02 bits per heavy atom. The fourth-order valence-corrected chi connectivity index (χ4v) is 5.51. The number of nitrogens with one attached hydrogen (secondary N) is 1. The van der Waals surface area contributed by atoms with Gasteiger partial charge >= 0.3 is 11.9 Å². The number of carbonyl (C=O) groups excluding carboxylic acids is 4. The molecule has 2 heterocycles. The van der Waals surface area contributed by atoms with Crippen LogP contribution in [0.25, 0.3) is 0 Å². The van der Waals surface area contributed by atoms with Crippen molar-refractivity contribution in [3.05, 3.63) is 75.8 Å². The van der Waals surface area contributed by atoms with Crippen molar-refractivity contribution in [2.45, 2.75) is 26.3 Å². The van der Waals surface area contributed by atoms with E-state index in [0.29, 0.717) is 34.0 Å². The molecule has 4 rings (SSSR count). The zero-order valence-corrected chi connectivity index (χ0v) is 24.0. The normalized spacial score (nSPS) is 16.3. The van der Waals surface area contributed by atoms with Crippen LogP contribution in [0.2, 0.25) is 0 Å². The lowest BCUT2D eigenvalue weighted by molar-refractivity contribution is -0.139. The number of benzene rings is 2. The lowest BCUT2D eigenvalue weighted by Gasteiger charge is -2.38. The number of hydrogen-bond donors (Lipinski definition) is 1. The summed E-state index contributed by atoms with van der Waals surface area (Å²) in [4.78, 5) is 57.4. The Balaban J connectivity index is 1.66. The number of methoxy groups -OCH3 is 3. The van der Waals surface area contributed by atoms with Crippen molar-refractivity contribution in [3.8, 4) is 11.5 Å². The number of amides is 2. The van der Waals surface area contributed by atoms with E-state index in [1.54, 1.807) is 38.1 Å². The molecule has 0 saturated carbocycles. The third-order valence-corrected chi connectivity index (χ3v) is 7.37. The Kier molecular flexibility index (Phi) is 9.13. The number of fused-ring (bicyclic) bond motifs is 1. The average molecular weight is 580 g/mol. The molecular weight excluding hydrogens is 550 g/mol. The van der Waals surface area contributed by atoms with Gasteiger partial charge in [0.05, 0.1) is 55.7 Å². The Morgan fingerprint density at radius 3 is 2.39 bits per heavy atom. The van der Waals surface area contributed by atoms with E-state index in [-0.39, 0.29) is 28.7 Å². The van der Waals surface area contributed by atoms with Crippen molar-refractivity contribution in [1.29, 1.82) is 0 Å². The third-order valence-electron chi connectivity index (χ3n) is 6.38. The number of rotatable bonds is 9. The number of ether oxygens (including phenoxy) is 4. The molecule has 0 aliphatic carbocycles. The van der Waals surface area contributed by atoms with Crippen LogP contribution in [-0.4, -0.2) is 67.8 Å². The smallest absolute Gasteiger partial charge is 0.337 e. The predicted molar refractivity (Wildman–Crippen MR) is 153 cm³/mol. The van der Waals surface area contributed by atoms with E-state index in [1.165, 1.54) is 44.4 Å². The maximum Gasteiger partial charge on any atom is 0.337 e. The second-order valence-corrected chi connectivity index (χ2v) is 9.84. The Morgan fingerprint density at radius 2 is 1.76 bits per heavy atom. The molecule has 0 spiro atoms. The highest BCUT2D eigenvalue weighted by Gasteiger charge is 2.42. The van der Waals surface area contributed by atoms with Crippen LogP contribution in [0.15, 0.2) is 69.7 Å². The molecule has 2 aromatic rings. The van der Waals surface area contributed by atoms with Gasteiger partial charge in [-0.15, -0.1) is 0 Å². The summed E-state index contributed by atoms with van der Waals surface area (Å²) in [7, 11) is 4.32. The Labute approximate surface area is 241 Å². The first-order chi connectivity index (χ1) is 19.7. The van der Waals surface area contributed by atoms with Gasteiger partial charge in [0.15, 0.2) is 16.7 Å². The zero-order valence-electron chi connectivity index (χ0n) is 23.2. The van der Waals surface area contributed by atoms with E-state index in [2.05, 4.69) is 15.0 Å². The number of esters is 2. The van der Waals surface area contributed by atoms with Gasteiger partial charge in [0.25, 0.3) is 11.8 Å². The molecule has 0 unspecified atom stereocenters. The summed E-state index contributed by atoms with van der Waals surface area (Å²) < 4.78 is 21.0. The van der Waals surface area contributed by atoms with Crippen LogP contribution in [-0.2, 0) is 30.3 Å². The summed E-state index contributed by atoms with van der Waals surface area (Å²) in [6.45, 7) is 3.51. The van der Waals surface area contributed by atoms with Crippen molar-refractivity contribution in [2.24, 2.45) is 4.99 Å². The summed E-state index contributed by atoms with van der Waals surface area (Å²) in [5, 5.41) is 2.97. The minimum Gasteiger partial charge on any atom is -0.493 e. The summed E-state index contributed by atoms with van der Waals surface area (Å²) in [5.74, 6) is -1.14. The zero-order chi connectivity index (χ0) is 29.7. The van der Waals surface area contributed by atoms with E-state index < -0.39 is 29.8 Å². The maximum absolute atomic E-state index is 13.6. The molecule has 0 radical (unpaired) electrons. The number of amidine groups is 1. The van der Waals surface area contributed by atoms with Gasteiger partial charge in [-0.1, -0.05) is 12.1 Å². The lowest BCUT2D eigenvalue weighted by atomic mass is 9.94. The fraction of sp³-hybridized carbons (Fsp3) is 0.276. The number of hydrogen-bond acceptors (Lipinski definition) is 10. The number of thioether (sulfide) groups is 1. The highest BCUT2D eigenvalue weighted by Crippen LogP contribution is 2.39. The lowest BCUT2D eigenvalue weighted by Crippen LogP contribution is -2.50. The average Bonchev–Trinajstić information content (AvgIpc) is 2.96. The van der Waals surface area contributed by atoms with Crippen LogP contribution in [0, 0.1) is 0 Å². The van der Waals surface area contributed by atoms with Gasteiger partial charge in [-0.05, 0) is 55.9 Å². The molecule has 0 saturated heterocycles. The molecular formula is C29H29N3O8S. The number of anilines is 1. The first-order valence-corrected chi connectivity index (χ1v) is 13.4. The Bertz CT molecular complexity index is 1480. The van der Waals surface area contributed by atoms with Gasteiger partial charge in [-0.25, -0.2) is 14.6 Å². The maximum atomic E-state index is 13.6. The molecule has 12 heteroatoms. The van der Waals surface area contributed by atoms with Crippen LogP contribution in [0.3, 0.4) is 0 Å². The molecule has 0 bridgehead atoms. The van der Waals surface area contributed by atoms with E-state index in [9.17, 15) is 19.2 Å². The number of nitrogens with zero attached hydrogens (tertiary/aromatic N) is 2. The minimum absolute atomic E-state index is 0.118. The van der Waals surface area contributed by atoms with Crippen molar-refractivity contribution >= 4 is 46.4 Å². The topological polar surface area (TPSA) is 133 Å². The molecule has 2 aliphatic heterocycles. The first kappa shape index (κ1) is 29.4. The number of carbonyl (C=O) groups is 4. The number of para-hydroxylation sites is 1. The highest BCUT2D eigenvalue weighted by molar-refractivity contribution is 8.18. The van der Waals surface area contributed by atoms with Crippen molar-refractivity contribution in [1.82, 2.24) is 4.90 Å². The summed E-state index contributed by atoms with van der Waals surface area (Å²) >= 11 is 1.01. The van der Waals surface area contributed by atoms with Gasteiger partial charge in [-0.3, -0.25) is 14.5 Å². The second-order valence-electron chi connectivity index (χ2n) is 8.83.